The van der Waals surface area contributed by atoms with E-state index in [4.69, 9.17) is 16.3 Å². The van der Waals surface area contributed by atoms with Crippen molar-refractivity contribution in [1.82, 2.24) is 5.32 Å². The molecule has 0 spiro atoms. The summed E-state index contributed by atoms with van der Waals surface area (Å²) in [6, 6.07) is 16.6. The number of benzene rings is 2. The molecule has 0 radical (unpaired) electrons. The molecule has 1 atom stereocenters. The van der Waals surface area contributed by atoms with Gasteiger partial charge in [0.2, 0.25) is 0 Å². The number of halogens is 1. The van der Waals surface area contributed by atoms with Crippen molar-refractivity contribution in [3.05, 3.63) is 64.7 Å². The van der Waals surface area contributed by atoms with Crippen LogP contribution in [0.2, 0.25) is 5.02 Å². The van der Waals surface area contributed by atoms with Gasteiger partial charge in [0, 0.05) is 16.6 Å². The number of hydrogen-bond acceptors (Lipinski definition) is 2. The van der Waals surface area contributed by atoms with E-state index in [0.29, 0.717) is 0 Å². The first kappa shape index (κ1) is 15.9. The largest absolute Gasteiger partial charge is 0.496 e. The van der Waals surface area contributed by atoms with Gasteiger partial charge >= 0.3 is 0 Å². The molecule has 21 heavy (non-hydrogen) atoms. The zero-order valence-electron chi connectivity index (χ0n) is 12.6. The Labute approximate surface area is 132 Å². The van der Waals surface area contributed by atoms with Crippen molar-refractivity contribution in [2.45, 2.75) is 25.8 Å². The molecule has 0 fully saturated rings. The van der Waals surface area contributed by atoms with E-state index in [2.05, 4.69) is 36.5 Å². The molecule has 2 nitrogen and oxygen atoms in total. The Balaban J connectivity index is 2.16. The lowest BCUT2D eigenvalue weighted by Crippen LogP contribution is -2.22. The molecule has 2 aromatic rings. The van der Waals surface area contributed by atoms with Gasteiger partial charge in [-0.25, -0.2) is 0 Å². The Hall–Kier alpha value is -1.51. The Bertz CT molecular complexity index is 556. The molecule has 0 heterocycles. The lowest BCUT2D eigenvalue weighted by atomic mass is 9.98. The van der Waals surface area contributed by atoms with Crippen LogP contribution in [0.3, 0.4) is 0 Å². The zero-order valence-corrected chi connectivity index (χ0v) is 13.4. The van der Waals surface area contributed by atoms with Crippen molar-refractivity contribution in [3.8, 4) is 5.75 Å². The highest BCUT2D eigenvalue weighted by Crippen LogP contribution is 2.30. The van der Waals surface area contributed by atoms with Crippen molar-refractivity contribution in [1.29, 1.82) is 0 Å². The van der Waals surface area contributed by atoms with Crippen LogP contribution < -0.4 is 10.1 Å². The molecule has 2 rings (SSSR count). The molecule has 112 valence electrons. The molecule has 1 unspecified atom stereocenters. The smallest absolute Gasteiger partial charge is 0.123 e. The number of methoxy groups -OCH3 is 1. The maximum atomic E-state index is 6.15. The second-order valence-corrected chi connectivity index (χ2v) is 5.46. The van der Waals surface area contributed by atoms with Gasteiger partial charge in [0.05, 0.1) is 7.11 Å². The average Bonchev–Trinajstić information content (AvgIpc) is 2.52. The highest BCUT2D eigenvalue weighted by molar-refractivity contribution is 6.30. The molecular formula is C18H22ClNO. The highest BCUT2D eigenvalue weighted by atomic mass is 35.5. The summed E-state index contributed by atoms with van der Waals surface area (Å²) < 4.78 is 5.48. The SMILES string of the molecule is CCNC(CCc1ccccc1)c1cc(Cl)ccc1OC. The summed E-state index contributed by atoms with van der Waals surface area (Å²) in [7, 11) is 1.70. The quantitative estimate of drug-likeness (QED) is 0.805. The summed E-state index contributed by atoms with van der Waals surface area (Å²) in [5.41, 5.74) is 2.48. The Morgan fingerprint density at radius 1 is 1.14 bits per heavy atom. The standard InChI is InChI=1S/C18H22ClNO/c1-3-20-17(11-9-14-7-5-4-6-8-14)16-13-15(19)10-12-18(16)21-2/h4-8,10,12-13,17,20H,3,9,11H2,1-2H3. The van der Waals surface area contributed by atoms with Gasteiger partial charge in [0.15, 0.2) is 0 Å². The highest BCUT2D eigenvalue weighted by Gasteiger charge is 2.15. The molecule has 0 amide bonds. The van der Waals surface area contributed by atoms with Crippen LogP contribution in [0.15, 0.2) is 48.5 Å². The number of aryl methyl sites for hydroxylation is 1. The van der Waals surface area contributed by atoms with E-state index in [1.54, 1.807) is 7.11 Å². The minimum absolute atomic E-state index is 0.240. The van der Waals surface area contributed by atoms with Crippen molar-refractivity contribution in [3.63, 3.8) is 0 Å². The van der Waals surface area contributed by atoms with E-state index in [9.17, 15) is 0 Å². The van der Waals surface area contributed by atoms with Crippen LogP contribution in [0.4, 0.5) is 0 Å². The van der Waals surface area contributed by atoms with Gasteiger partial charge in [-0.15, -0.1) is 0 Å². The fourth-order valence-corrected chi connectivity index (χ4v) is 2.73. The van der Waals surface area contributed by atoms with E-state index in [1.807, 2.05) is 24.3 Å². The summed E-state index contributed by atoms with van der Waals surface area (Å²) >= 11 is 6.15. The molecule has 2 aromatic carbocycles. The third-order valence-corrected chi connectivity index (χ3v) is 3.82. The summed E-state index contributed by atoms with van der Waals surface area (Å²) in [4.78, 5) is 0. The third kappa shape index (κ3) is 4.48. The number of hydrogen-bond donors (Lipinski definition) is 1. The van der Waals surface area contributed by atoms with E-state index >= 15 is 0 Å². The Kier molecular flexibility index (Phi) is 6.09. The van der Waals surface area contributed by atoms with Crippen LogP contribution in [-0.4, -0.2) is 13.7 Å². The molecule has 0 aliphatic carbocycles. The summed E-state index contributed by atoms with van der Waals surface area (Å²) in [5.74, 6) is 0.887. The molecule has 0 aliphatic heterocycles. The molecule has 0 saturated carbocycles. The van der Waals surface area contributed by atoms with Gasteiger partial charge in [-0.2, -0.15) is 0 Å². The van der Waals surface area contributed by atoms with Crippen molar-refractivity contribution < 1.29 is 4.74 Å². The first-order chi connectivity index (χ1) is 10.2. The Morgan fingerprint density at radius 2 is 1.90 bits per heavy atom. The monoisotopic (exact) mass is 303 g/mol. The van der Waals surface area contributed by atoms with Crippen LogP contribution in [0.5, 0.6) is 5.75 Å². The average molecular weight is 304 g/mol. The first-order valence-corrected chi connectivity index (χ1v) is 7.73. The fraction of sp³-hybridized carbons (Fsp3) is 0.333. The second kappa shape index (κ2) is 8.06. The van der Waals surface area contributed by atoms with Crippen LogP contribution in [0, 0.1) is 0 Å². The fourth-order valence-electron chi connectivity index (χ4n) is 2.55. The van der Waals surface area contributed by atoms with Gasteiger partial charge in [-0.3, -0.25) is 0 Å². The van der Waals surface area contributed by atoms with Gasteiger partial charge in [0.1, 0.15) is 5.75 Å². The van der Waals surface area contributed by atoms with Crippen LogP contribution in [0.25, 0.3) is 0 Å². The van der Waals surface area contributed by atoms with E-state index in [1.165, 1.54) is 5.56 Å². The van der Waals surface area contributed by atoms with Gasteiger partial charge < -0.3 is 10.1 Å². The predicted molar refractivity (Wildman–Crippen MR) is 89.2 cm³/mol. The molecular weight excluding hydrogens is 282 g/mol. The minimum atomic E-state index is 0.240. The minimum Gasteiger partial charge on any atom is -0.496 e. The number of ether oxygens (including phenoxy) is 1. The molecule has 0 bridgehead atoms. The number of nitrogens with one attached hydrogen (secondary N) is 1. The maximum absolute atomic E-state index is 6.15. The van der Waals surface area contributed by atoms with Gasteiger partial charge in [0.25, 0.3) is 0 Å². The van der Waals surface area contributed by atoms with E-state index in [0.717, 1.165) is 35.7 Å². The van der Waals surface area contributed by atoms with Gasteiger partial charge in [-0.1, -0.05) is 48.9 Å². The molecule has 0 saturated heterocycles. The summed E-state index contributed by atoms with van der Waals surface area (Å²) in [5, 5.41) is 4.28. The van der Waals surface area contributed by atoms with Crippen molar-refractivity contribution >= 4 is 11.6 Å². The van der Waals surface area contributed by atoms with Gasteiger partial charge in [-0.05, 0) is 43.1 Å². The normalized spacial score (nSPS) is 12.1. The lowest BCUT2D eigenvalue weighted by molar-refractivity contribution is 0.396. The number of rotatable bonds is 7. The van der Waals surface area contributed by atoms with Crippen LogP contribution in [0.1, 0.15) is 30.5 Å². The predicted octanol–water partition coefficient (Wildman–Crippen LogP) is 4.63. The maximum Gasteiger partial charge on any atom is 0.123 e. The third-order valence-electron chi connectivity index (χ3n) is 3.58. The Morgan fingerprint density at radius 3 is 2.57 bits per heavy atom. The zero-order chi connectivity index (χ0) is 15.1. The van der Waals surface area contributed by atoms with E-state index < -0.39 is 0 Å². The van der Waals surface area contributed by atoms with Crippen molar-refractivity contribution in [2.75, 3.05) is 13.7 Å². The topological polar surface area (TPSA) is 21.3 Å². The molecule has 1 N–H and O–H groups in total. The second-order valence-electron chi connectivity index (χ2n) is 5.02. The molecule has 0 aliphatic rings. The van der Waals surface area contributed by atoms with Crippen LogP contribution in [-0.2, 0) is 6.42 Å². The van der Waals surface area contributed by atoms with Crippen molar-refractivity contribution in [2.24, 2.45) is 0 Å². The summed E-state index contributed by atoms with van der Waals surface area (Å²) in [6.07, 6.45) is 2.03. The molecule has 0 aromatic heterocycles. The summed E-state index contributed by atoms with van der Waals surface area (Å²) in [6.45, 7) is 3.03. The lowest BCUT2D eigenvalue weighted by Gasteiger charge is -2.21. The first-order valence-electron chi connectivity index (χ1n) is 7.35. The van der Waals surface area contributed by atoms with Crippen LogP contribution >= 0.6 is 11.6 Å². The molecule has 3 heteroatoms. The van der Waals surface area contributed by atoms with E-state index in [-0.39, 0.29) is 6.04 Å².